The second-order valence-corrected chi connectivity index (χ2v) is 2.30. The van der Waals surface area contributed by atoms with E-state index in [2.05, 4.69) is 0 Å². The molecule has 3 N–H and O–H groups in total. The fourth-order valence-corrected chi connectivity index (χ4v) is 0.868. The summed E-state index contributed by atoms with van der Waals surface area (Å²) in [5.74, 6) is 0.197. The van der Waals surface area contributed by atoms with Crippen molar-refractivity contribution in [1.29, 1.82) is 0 Å². The topological polar surface area (TPSA) is 69.9 Å². The lowest BCUT2D eigenvalue weighted by atomic mass is 9.80. The Morgan fingerprint density at radius 2 is 2.00 bits per heavy atom. The maximum absolute atomic E-state index is 9.19. The van der Waals surface area contributed by atoms with Gasteiger partial charge in [-0.1, -0.05) is 6.07 Å². The summed E-state index contributed by atoms with van der Waals surface area (Å²) in [5.41, 5.74) is 0.230. The Morgan fingerprint density at radius 1 is 1.33 bits per heavy atom. The number of hydrogen-bond donors (Lipinski definition) is 3. The molecule has 0 aliphatic rings. The Balaban J connectivity index is 3.02. The normalized spacial score (nSPS) is 9.58. The highest BCUT2D eigenvalue weighted by Crippen LogP contribution is 2.22. The lowest BCUT2D eigenvalue weighted by molar-refractivity contribution is 0.373. The molecular formula is C7H9BO4. The van der Waals surface area contributed by atoms with Gasteiger partial charge in [-0.05, 0) is 17.6 Å². The molecule has 64 valence electrons. The number of ether oxygens (including phenoxy) is 1. The van der Waals surface area contributed by atoms with Crippen LogP contribution in [0.4, 0.5) is 0 Å². The van der Waals surface area contributed by atoms with E-state index >= 15 is 0 Å². The van der Waals surface area contributed by atoms with Crippen LogP contribution in [-0.2, 0) is 0 Å². The Labute approximate surface area is 70.2 Å². The zero-order valence-electron chi connectivity index (χ0n) is 6.56. The van der Waals surface area contributed by atoms with E-state index in [1.807, 2.05) is 0 Å². The Kier molecular flexibility index (Phi) is 2.57. The molecule has 0 aromatic heterocycles. The van der Waals surface area contributed by atoms with Crippen LogP contribution in [0.1, 0.15) is 0 Å². The van der Waals surface area contributed by atoms with Crippen LogP contribution in [0.25, 0.3) is 0 Å². The molecular weight excluding hydrogens is 159 g/mol. The summed E-state index contributed by atoms with van der Waals surface area (Å²) in [6.07, 6.45) is 0. The van der Waals surface area contributed by atoms with Crippen molar-refractivity contribution in [2.24, 2.45) is 0 Å². The molecule has 0 saturated carbocycles. The number of benzene rings is 1. The minimum absolute atomic E-state index is 0.108. The average molecular weight is 168 g/mol. The molecule has 1 aromatic carbocycles. The van der Waals surface area contributed by atoms with Gasteiger partial charge in [-0.3, -0.25) is 0 Å². The molecule has 0 amide bonds. The van der Waals surface area contributed by atoms with Crippen LogP contribution < -0.4 is 10.2 Å². The van der Waals surface area contributed by atoms with Crippen LogP contribution in [0.3, 0.4) is 0 Å². The van der Waals surface area contributed by atoms with Gasteiger partial charge in [0.05, 0.1) is 7.11 Å². The van der Waals surface area contributed by atoms with Crippen molar-refractivity contribution in [3.63, 3.8) is 0 Å². The third-order valence-electron chi connectivity index (χ3n) is 1.50. The zero-order valence-corrected chi connectivity index (χ0v) is 6.56. The van der Waals surface area contributed by atoms with Crippen LogP contribution in [0, 0.1) is 0 Å². The third-order valence-corrected chi connectivity index (χ3v) is 1.50. The molecule has 1 aromatic rings. The lowest BCUT2D eigenvalue weighted by Crippen LogP contribution is -2.29. The van der Waals surface area contributed by atoms with Gasteiger partial charge in [0.1, 0.15) is 0 Å². The molecule has 0 saturated heterocycles. The lowest BCUT2D eigenvalue weighted by Gasteiger charge is -2.04. The minimum Gasteiger partial charge on any atom is -0.504 e. The summed E-state index contributed by atoms with van der Waals surface area (Å²) in [6.45, 7) is 0. The second-order valence-electron chi connectivity index (χ2n) is 2.30. The summed E-state index contributed by atoms with van der Waals surface area (Å²) in [7, 11) is -0.147. The summed E-state index contributed by atoms with van der Waals surface area (Å²) < 4.78 is 4.77. The molecule has 4 nitrogen and oxygen atoms in total. The highest BCUT2D eigenvalue weighted by Gasteiger charge is 2.12. The first-order valence-electron chi connectivity index (χ1n) is 3.38. The first-order chi connectivity index (χ1) is 5.65. The van der Waals surface area contributed by atoms with E-state index in [4.69, 9.17) is 14.8 Å². The summed E-state index contributed by atoms with van der Waals surface area (Å²) in [4.78, 5) is 0. The molecule has 1 rings (SSSR count). The van der Waals surface area contributed by atoms with Crippen LogP contribution in [0.5, 0.6) is 11.5 Å². The highest BCUT2D eigenvalue weighted by atomic mass is 16.5. The van der Waals surface area contributed by atoms with E-state index in [0.29, 0.717) is 5.75 Å². The van der Waals surface area contributed by atoms with Crippen molar-refractivity contribution in [3.8, 4) is 11.5 Å². The minimum atomic E-state index is -1.57. The molecule has 0 radical (unpaired) electrons. The Hall–Kier alpha value is -1.20. The smallest absolute Gasteiger partial charge is 0.488 e. The van der Waals surface area contributed by atoms with Crippen molar-refractivity contribution < 1.29 is 19.9 Å². The zero-order chi connectivity index (χ0) is 9.14. The van der Waals surface area contributed by atoms with E-state index in [-0.39, 0.29) is 11.2 Å². The van der Waals surface area contributed by atoms with Crippen LogP contribution in [-0.4, -0.2) is 29.4 Å². The molecule has 0 fully saturated rings. The maximum Gasteiger partial charge on any atom is 0.488 e. The van der Waals surface area contributed by atoms with Gasteiger partial charge in [0, 0.05) is 0 Å². The predicted octanol–water partition coefficient (Wildman–Crippen LogP) is -0.919. The van der Waals surface area contributed by atoms with E-state index < -0.39 is 7.12 Å². The Morgan fingerprint density at radius 3 is 2.42 bits per heavy atom. The Bertz CT molecular complexity index is 274. The number of hydrogen-bond acceptors (Lipinski definition) is 4. The van der Waals surface area contributed by atoms with E-state index in [1.165, 1.54) is 25.3 Å². The van der Waals surface area contributed by atoms with Gasteiger partial charge in [-0.2, -0.15) is 0 Å². The average Bonchev–Trinajstić information content (AvgIpc) is 2.04. The van der Waals surface area contributed by atoms with Gasteiger partial charge < -0.3 is 19.9 Å². The maximum atomic E-state index is 9.19. The quantitative estimate of drug-likeness (QED) is 0.499. The molecule has 12 heavy (non-hydrogen) atoms. The van der Waals surface area contributed by atoms with Gasteiger partial charge in [0.2, 0.25) is 0 Å². The number of aromatic hydroxyl groups is 1. The van der Waals surface area contributed by atoms with Gasteiger partial charge in [0.25, 0.3) is 0 Å². The fourth-order valence-electron chi connectivity index (χ4n) is 0.868. The predicted molar refractivity (Wildman–Crippen MR) is 44.5 cm³/mol. The van der Waals surface area contributed by atoms with E-state index in [9.17, 15) is 5.11 Å². The largest absolute Gasteiger partial charge is 0.504 e. The SMILES string of the molecule is COc1ccc(B(O)O)cc1O. The first-order valence-corrected chi connectivity index (χ1v) is 3.38. The van der Waals surface area contributed by atoms with Crippen LogP contribution >= 0.6 is 0 Å². The number of rotatable bonds is 2. The molecule has 0 atom stereocenters. The molecule has 0 bridgehead atoms. The molecule has 0 unspecified atom stereocenters. The van der Waals surface area contributed by atoms with Gasteiger partial charge in [-0.25, -0.2) is 0 Å². The van der Waals surface area contributed by atoms with Crippen molar-refractivity contribution in [2.75, 3.05) is 7.11 Å². The summed E-state index contributed by atoms with van der Waals surface area (Å²) >= 11 is 0. The number of phenols is 1. The third kappa shape index (κ3) is 1.69. The van der Waals surface area contributed by atoms with Gasteiger partial charge in [-0.15, -0.1) is 0 Å². The number of phenolic OH excluding ortho intramolecular Hbond substituents is 1. The molecule has 0 heterocycles. The van der Waals surface area contributed by atoms with Crippen molar-refractivity contribution in [3.05, 3.63) is 18.2 Å². The van der Waals surface area contributed by atoms with Gasteiger partial charge >= 0.3 is 7.12 Å². The van der Waals surface area contributed by atoms with Crippen LogP contribution in [0.2, 0.25) is 0 Å². The molecule has 0 spiro atoms. The summed E-state index contributed by atoms with van der Waals surface area (Å²) in [6, 6.07) is 4.16. The molecule has 5 heteroatoms. The standard InChI is InChI=1S/C7H9BO4/c1-12-7-3-2-5(8(10)11)4-6(7)9/h2-4,9-11H,1H3. The van der Waals surface area contributed by atoms with Crippen molar-refractivity contribution in [1.82, 2.24) is 0 Å². The number of methoxy groups -OCH3 is 1. The van der Waals surface area contributed by atoms with Crippen LogP contribution in [0.15, 0.2) is 18.2 Å². The first kappa shape index (κ1) is 8.90. The molecule has 0 aliphatic carbocycles. The van der Waals surface area contributed by atoms with E-state index in [0.717, 1.165) is 0 Å². The summed E-state index contributed by atoms with van der Waals surface area (Å²) in [5, 5.41) is 26.6. The monoisotopic (exact) mass is 168 g/mol. The molecule has 0 aliphatic heterocycles. The van der Waals surface area contributed by atoms with Gasteiger partial charge in [0.15, 0.2) is 11.5 Å². The highest BCUT2D eigenvalue weighted by molar-refractivity contribution is 6.58. The fraction of sp³-hybridized carbons (Fsp3) is 0.143. The van der Waals surface area contributed by atoms with Crippen molar-refractivity contribution >= 4 is 12.6 Å². The van der Waals surface area contributed by atoms with Crippen molar-refractivity contribution in [2.45, 2.75) is 0 Å². The van der Waals surface area contributed by atoms with E-state index in [1.54, 1.807) is 0 Å². The second kappa shape index (κ2) is 3.47.